The molecule has 1 atom stereocenters. The highest BCUT2D eigenvalue weighted by Gasteiger charge is 2.31. The van der Waals surface area contributed by atoms with Crippen LogP contribution in [0.25, 0.3) is 0 Å². The fourth-order valence-corrected chi connectivity index (χ4v) is 1.75. The Labute approximate surface area is 115 Å². The molecule has 0 aliphatic carbocycles. The molecule has 0 heterocycles. The minimum Gasteiger partial charge on any atom is -0.383 e. The van der Waals surface area contributed by atoms with Gasteiger partial charge in [-0.3, -0.25) is 4.79 Å². The van der Waals surface area contributed by atoms with Gasteiger partial charge < -0.3 is 15.4 Å². The molecule has 4 nitrogen and oxygen atoms in total. The van der Waals surface area contributed by atoms with Crippen LogP contribution in [0.2, 0.25) is 0 Å². The summed E-state index contributed by atoms with van der Waals surface area (Å²) in [6, 6.07) is 3.92. The second-order valence-corrected chi connectivity index (χ2v) is 4.48. The number of benzene rings is 1. The first-order chi connectivity index (χ1) is 9.25. The van der Waals surface area contributed by atoms with Crippen molar-refractivity contribution in [3.8, 4) is 0 Å². The number of rotatable bonds is 5. The molecule has 0 radical (unpaired) electrons. The molecule has 1 amide bonds. The van der Waals surface area contributed by atoms with E-state index >= 15 is 0 Å². The number of hydrogen-bond donors (Lipinski definition) is 1. The number of halogens is 3. The molecular formula is C13H17F3N2O2. The van der Waals surface area contributed by atoms with Crippen molar-refractivity contribution in [2.75, 3.05) is 27.3 Å². The van der Waals surface area contributed by atoms with E-state index in [1.165, 1.54) is 31.2 Å². The molecule has 0 aromatic heterocycles. The Bertz CT molecular complexity index is 463. The molecule has 0 aliphatic rings. The molecule has 112 valence electrons. The SMILES string of the molecule is COCC(N)CN(C)C(=O)c1cccc(C(F)(F)F)c1. The van der Waals surface area contributed by atoms with Gasteiger partial charge in [-0.25, -0.2) is 0 Å². The molecule has 0 saturated heterocycles. The topological polar surface area (TPSA) is 55.6 Å². The van der Waals surface area contributed by atoms with Crippen LogP contribution in [0.5, 0.6) is 0 Å². The smallest absolute Gasteiger partial charge is 0.383 e. The summed E-state index contributed by atoms with van der Waals surface area (Å²) in [5.41, 5.74) is 4.83. The Kier molecular flexibility index (Phi) is 5.52. The monoisotopic (exact) mass is 290 g/mol. The second-order valence-electron chi connectivity index (χ2n) is 4.48. The standard InChI is InChI=1S/C13H17F3N2O2/c1-18(7-11(17)8-20-2)12(19)9-4-3-5-10(6-9)13(14,15)16/h3-6,11H,7-8,17H2,1-2H3. The van der Waals surface area contributed by atoms with E-state index in [4.69, 9.17) is 10.5 Å². The van der Waals surface area contributed by atoms with Gasteiger partial charge in [0.2, 0.25) is 0 Å². The van der Waals surface area contributed by atoms with Crippen LogP contribution in [0.1, 0.15) is 15.9 Å². The Morgan fingerprint density at radius 2 is 2.10 bits per heavy atom. The van der Waals surface area contributed by atoms with E-state index in [1.807, 2.05) is 0 Å². The first-order valence-corrected chi connectivity index (χ1v) is 5.93. The average molecular weight is 290 g/mol. The number of amides is 1. The van der Waals surface area contributed by atoms with Crippen molar-refractivity contribution in [3.63, 3.8) is 0 Å². The van der Waals surface area contributed by atoms with Crippen LogP contribution < -0.4 is 5.73 Å². The van der Waals surface area contributed by atoms with Gasteiger partial charge in [0.15, 0.2) is 0 Å². The van der Waals surface area contributed by atoms with Crippen LogP contribution in [0.15, 0.2) is 24.3 Å². The van der Waals surface area contributed by atoms with Crippen molar-refractivity contribution < 1.29 is 22.7 Å². The van der Waals surface area contributed by atoms with E-state index < -0.39 is 17.6 Å². The van der Waals surface area contributed by atoms with Crippen molar-refractivity contribution in [1.82, 2.24) is 4.90 Å². The lowest BCUT2D eigenvalue weighted by atomic mass is 10.1. The van der Waals surface area contributed by atoms with Crippen molar-refractivity contribution in [1.29, 1.82) is 0 Å². The van der Waals surface area contributed by atoms with Gasteiger partial charge in [-0.2, -0.15) is 13.2 Å². The molecule has 1 aromatic rings. The molecule has 0 spiro atoms. The maximum absolute atomic E-state index is 12.6. The summed E-state index contributed by atoms with van der Waals surface area (Å²) < 4.78 is 42.6. The number of likely N-dealkylation sites (N-methyl/N-ethyl adjacent to an activating group) is 1. The van der Waals surface area contributed by atoms with E-state index in [-0.39, 0.29) is 24.8 Å². The van der Waals surface area contributed by atoms with Crippen molar-refractivity contribution in [3.05, 3.63) is 35.4 Å². The summed E-state index contributed by atoms with van der Waals surface area (Å²) in [4.78, 5) is 13.3. The zero-order chi connectivity index (χ0) is 15.3. The first-order valence-electron chi connectivity index (χ1n) is 5.93. The van der Waals surface area contributed by atoms with Crippen molar-refractivity contribution >= 4 is 5.91 Å². The van der Waals surface area contributed by atoms with Gasteiger partial charge in [0.05, 0.1) is 12.2 Å². The highest BCUT2D eigenvalue weighted by molar-refractivity contribution is 5.94. The fourth-order valence-electron chi connectivity index (χ4n) is 1.75. The van der Waals surface area contributed by atoms with Gasteiger partial charge in [0.1, 0.15) is 0 Å². The summed E-state index contributed by atoms with van der Waals surface area (Å²) in [5, 5.41) is 0. The Morgan fingerprint density at radius 1 is 1.45 bits per heavy atom. The van der Waals surface area contributed by atoms with Gasteiger partial charge in [0, 0.05) is 32.3 Å². The number of carbonyl (C=O) groups excluding carboxylic acids is 1. The highest BCUT2D eigenvalue weighted by Crippen LogP contribution is 2.29. The lowest BCUT2D eigenvalue weighted by molar-refractivity contribution is -0.137. The summed E-state index contributed by atoms with van der Waals surface area (Å²) in [6.45, 7) is 0.461. The molecule has 1 unspecified atom stereocenters. The van der Waals surface area contributed by atoms with Crippen LogP contribution in [-0.2, 0) is 10.9 Å². The van der Waals surface area contributed by atoms with E-state index in [0.717, 1.165) is 12.1 Å². The van der Waals surface area contributed by atoms with E-state index in [9.17, 15) is 18.0 Å². The number of alkyl halides is 3. The fraction of sp³-hybridized carbons (Fsp3) is 0.462. The number of ether oxygens (including phenoxy) is 1. The average Bonchev–Trinajstić information content (AvgIpc) is 2.37. The minimum absolute atomic E-state index is 0.0214. The number of hydrogen-bond acceptors (Lipinski definition) is 3. The molecule has 0 aliphatic heterocycles. The van der Waals surface area contributed by atoms with Crippen molar-refractivity contribution in [2.24, 2.45) is 5.73 Å². The highest BCUT2D eigenvalue weighted by atomic mass is 19.4. The molecule has 1 aromatic carbocycles. The molecule has 0 bridgehead atoms. The number of nitrogens with two attached hydrogens (primary N) is 1. The molecule has 20 heavy (non-hydrogen) atoms. The van der Waals surface area contributed by atoms with E-state index in [2.05, 4.69) is 0 Å². The molecule has 1 rings (SSSR count). The van der Waals surface area contributed by atoms with Gasteiger partial charge in [-0.05, 0) is 18.2 Å². The lowest BCUT2D eigenvalue weighted by Crippen LogP contribution is -2.41. The van der Waals surface area contributed by atoms with Crippen LogP contribution in [0.3, 0.4) is 0 Å². The van der Waals surface area contributed by atoms with Gasteiger partial charge >= 0.3 is 6.18 Å². The van der Waals surface area contributed by atoms with Crippen LogP contribution >= 0.6 is 0 Å². The first kappa shape index (κ1) is 16.5. The Morgan fingerprint density at radius 3 is 2.65 bits per heavy atom. The number of nitrogens with zero attached hydrogens (tertiary/aromatic N) is 1. The molecule has 0 fully saturated rings. The molecule has 7 heteroatoms. The zero-order valence-electron chi connectivity index (χ0n) is 11.3. The largest absolute Gasteiger partial charge is 0.416 e. The third-order valence-electron chi connectivity index (χ3n) is 2.67. The van der Waals surface area contributed by atoms with Gasteiger partial charge in [-0.1, -0.05) is 6.07 Å². The van der Waals surface area contributed by atoms with Gasteiger partial charge in [0.25, 0.3) is 5.91 Å². The zero-order valence-corrected chi connectivity index (χ0v) is 11.3. The maximum atomic E-state index is 12.6. The third kappa shape index (κ3) is 4.50. The summed E-state index contributed by atoms with van der Waals surface area (Å²) in [7, 11) is 2.96. The van der Waals surface area contributed by atoms with Crippen molar-refractivity contribution in [2.45, 2.75) is 12.2 Å². The molecule has 2 N–H and O–H groups in total. The molecule has 0 saturated carbocycles. The normalized spacial score (nSPS) is 13.1. The van der Waals surface area contributed by atoms with Gasteiger partial charge in [-0.15, -0.1) is 0 Å². The minimum atomic E-state index is -4.47. The third-order valence-corrected chi connectivity index (χ3v) is 2.67. The van der Waals surface area contributed by atoms with Crippen LogP contribution in [-0.4, -0.2) is 44.2 Å². The van der Waals surface area contributed by atoms with E-state index in [0.29, 0.717) is 0 Å². The predicted octanol–water partition coefficient (Wildman–Crippen LogP) is 1.75. The van der Waals surface area contributed by atoms with E-state index in [1.54, 1.807) is 0 Å². The Balaban J connectivity index is 2.82. The maximum Gasteiger partial charge on any atom is 0.416 e. The molecular weight excluding hydrogens is 273 g/mol. The quantitative estimate of drug-likeness (QED) is 0.899. The van der Waals surface area contributed by atoms with Crippen LogP contribution in [0, 0.1) is 0 Å². The summed E-state index contributed by atoms with van der Waals surface area (Å²) in [6.07, 6.45) is -4.47. The predicted molar refractivity (Wildman–Crippen MR) is 68.3 cm³/mol. The Hall–Kier alpha value is -1.60. The number of methoxy groups -OCH3 is 1. The summed E-state index contributed by atoms with van der Waals surface area (Å²) in [5.74, 6) is -0.511. The lowest BCUT2D eigenvalue weighted by Gasteiger charge is -2.21. The summed E-state index contributed by atoms with van der Waals surface area (Å²) >= 11 is 0. The second kappa shape index (κ2) is 6.71. The number of carbonyl (C=O) groups is 1. The van der Waals surface area contributed by atoms with Crippen LogP contribution in [0.4, 0.5) is 13.2 Å².